The minimum Gasteiger partial charge on any atom is -0.436 e. The summed E-state index contributed by atoms with van der Waals surface area (Å²) in [5, 5.41) is 0.575. The van der Waals surface area contributed by atoms with Crippen molar-refractivity contribution >= 4 is 76.2 Å². The molecule has 0 spiro atoms. The molecule has 7 heteroatoms. The molecule has 0 unspecified atom stereocenters. The molecule has 0 bridgehead atoms. The molecule has 0 saturated heterocycles. The highest BCUT2D eigenvalue weighted by Crippen LogP contribution is 2.41. The summed E-state index contributed by atoms with van der Waals surface area (Å²) in [6.07, 6.45) is 0. The Labute approximate surface area is 151 Å². The van der Waals surface area contributed by atoms with Crippen molar-refractivity contribution in [2.75, 3.05) is 5.73 Å². The lowest BCUT2D eigenvalue weighted by Gasteiger charge is -2.05. The third-order valence-electron chi connectivity index (χ3n) is 3.14. The number of rotatable bonds is 1. The van der Waals surface area contributed by atoms with E-state index in [-0.39, 0.29) is 0 Å². The smallest absolute Gasteiger partial charge is 0.228 e. The van der Waals surface area contributed by atoms with E-state index < -0.39 is 0 Å². The lowest BCUT2D eigenvalue weighted by atomic mass is 10.2. The lowest BCUT2D eigenvalue weighted by Crippen LogP contribution is -1.92. The van der Waals surface area contributed by atoms with Crippen molar-refractivity contribution in [3.8, 4) is 11.5 Å². The van der Waals surface area contributed by atoms with Gasteiger partial charge in [-0.25, -0.2) is 4.98 Å². The normalized spacial score (nSPS) is 11.3. The van der Waals surface area contributed by atoms with Crippen LogP contribution in [0, 0.1) is 6.92 Å². The van der Waals surface area contributed by atoms with Gasteiger partial charge in [0.2, 0.25) is 5.89 Å². The molecular formula is C14H8Br3ClN2O. The first-order valence-corrected chi connectivity index (χ1v) is 8.65. The highest BCUT2D eigenvalue weighted by atomic mass is 79.9. The maximum Gasteiger partial charge on any atom is 0.228 e. The van der Waals surface area contributed by atoms with Gasteiger partial charge < -0.3 is 10.2 Å². The van der Waals surface area contributed by atoms with Crippen molar-refractivity contribution in [2.45, 2.75) is 6.92 Å². The highest BCUT2D eigenvalue weighted by Gasteiger charge is 2.19. The van der Waals surface area contributed by atoms with Crippen LogP contribution in [0.15, 0.2) is 36.0 Å². The van der Waals surface area contributed by atoms with E-state index in [0.29, 0.717) is 32.2 Å². The van der Waals surface area contributed by atoms with Gasteiger partial charge in [-0.15, -0.1) is 0 Å². The van der Waals surface area contributed by atoms with Crippen LogP contribution in [0.3, 0.4) is 0 Å². The maximum atomic E-state index is 6.23. The van der Waals surface area contributed by atoms with Crippen molar-refractivity contribution in [2.24, 2.45) is 0 Å². The second kappa shape index (κ2) is 5.57. The Bertz CT molecular complexity index is 832. The number of fused-ring (bicyclic) bond motifs is 1. The van der Waals surface area contributed by atoms with Crippen LogP contribution in [0.5, 0.6) is 0 Å². The molecule has 3 aromatic rings. The molecule has 0 saturated carbocycles. The van der Waals surface area contributed by atoms with Crippen LogP contribution >= 0.6 is 59.4 Å². The predicted molar refractivity (Wildman–Crippen MR) is 96.7 cm³/mol. The Morgan fingerprint density at radius 1 is 1.19 bits per heavy atom. The molecule has 3 nitrogen and oxygen atoms in total. The monoisotopic (exact) mass is 492 g/mol. The number of aryl methyl sites for hydroxylation is 1. The van der Waals surface area contributed by atoms with E-state index in [1.54, 1.807) is 6.07 Å². The maximum absolute atomic E-state index is 6.23. The van der Waals surface area contributed by atoms with Gasteiger partial charge in [0.25, 0.3) is 0 Å². The average molecular weight is 495 g/mol. The average Bonchev–Trinajstić information content (AvgIpc) is 2.90. The fraction of sp³-hybridized carbons (Fsp3) is 0.0714. The number of nitrogens with two attached hydrogens (primary N) is 1. The summed E-state index contributed by atoms with van der Waals surface area (Å²) in [6, 6.07) is 5.53. The third-order valence-corrected chi connectivity index (χ3v) is 5.78. The van der Waals surface area contributed by atoms with Gasteiger partial charge in [-0.1, -0.05) is 27.5 Å². The molecule has 0 aliphatic rings. The number of aromatic nitrogens is 1. The first-order valence-electron chi connectivity index (χ1n) is 5.89. The molecule has 2 N–H and O–H groups in total. The molecule has 0 amide bonds. The fourth-order valence-electron chi connectivity index (χ4n) is 2.03. The molecule has 1 heterocycles. The van der Waals surface area contributed by atoms with Crippen molar-refractivity contribution in [3.05, 3.63) is 42.2 Å². The van der Waals surface area contributed by atoms with Crippen molar-refractivity contribution in [3.63, 3.8) is 0 Å². The molecule has 1 aromatic heterocycles. The van der Waals surface area contributed by atoms with Crippen LogP contribution in [0.2, 0.25) is 5.02 Å². The summed E-state index contributed by atoms with van der Waals surface area (Å²) >= 11 is 16.6. The number of hydrogen-bond donors (Lipinski definition) is 1. The summed E-state index contributed by atoms with van der Waals surface area (Å²) in [6.45, 7) is 1.92. The summed E-state index contributed by atoms with van der Waals surface area (Å²) in [5.74, 6) is 0.456. The van der Waals surface area contributed by atoms with Crippen LogP contribution in [-0.2, 0) is 0 Å². The summed E-state index contributed by atoms with van der Waals surface area (Å²) in [4.78, 5) is 4.53. The summed E-state index contributed by atoms with van der Waals surface area (Å²) < 4.78 is 8.31. The van der Waals surface area contributed by atoms with E-state index in [4.69, 9.17) is 21.8 Å². The molecule has 0 fully saturated rings. The predicted octanol–water partition coefficient (Wildman–Crippen LogP) is 6.33. The van der Waals surface area contributed by atoms with Gasteiger partial charge in [-0.2, -0.15) is 0 Å². The van der Waals surface area contributed by atoms with E-state index in [9.17, 15) is 0 Å². The van der Waals surface area contributed by atoms with Gasteiger partial charge in [-0.05, 0) is 57.0 Å². The van der Waals surface area contributed by atoms with Gasteiger partial charge >= 0.3 is 0 Å². The summed E-state index contributed by atoms with van der Waals surface area (Å²) in [7, 11) is 0. The number of oxazole rings is 1. The first-order chi connectivity index (χ1) is 9.90. The molecular weight excluding hydrogens is 487 g/mol. The molecule has 0 radical (unpaired) electrons. The van der Waals surface area contributed by atoms with E-state index in [1.165, 1.54) is 0 Å². The molecule has 0 atom stereocenters. The van der Waals surface area contributed by atoms with E-state index in [1.807, 2.05) is 19.1 Å². The number of anilines is 1. The zero-order valence-electron chi connectivity index (χ0n) is 10.7. The van der Waals surface area contributed by atoms with E-state index in [0.717, 1.165) is 20.1 Å². The van der Waals surface area contributed by atoms with E-state index >= 15 is 0 Å². The molecule has 0 aliphatic heterocycles. The van der Waals surface area contributed by atoms with Crippen LogP contribution in [0.1, 0.15) is 5.56 Å². The van der Waals surface area contributed by atoms with Gasteiger partial charge in [0.15, 0.2) is 5.58 Å². The standard InChI is InChI=1S/C14H8Br3ClN2O/c1-5-9(16)11(19)10(17)12-13(5)21-14(20-12)7-4-6(15)2-3-8(7)18/h2-4H,19H2,1H3. The molecule has 0 aliphatic carbocycles. The zero-order valence-corrected chi connectivity index (χ0v) is 16.2. The highest BCUT2D eigenvalue weighted by molar-refractivity contribution is 9.11. The van der Waals surface area contributed by atoms with Crippen LogP contribution in [0.25, 0.3) is 22.6 Å². The Hall–Kier alpha value is -0.560. The zero-order chi connectivity index (χ0) is 15.3. The molecule has 108 valence electrons. The van der Waals surface area contributed by atoms with Crippen LogP contribution in [0.4, 0.5) is 5.69 Å². The van der Waals surface area contributed by atoms with Gasteiger partial charge in [-0.3, -0.25) is 0 Å². The quantitative estimate of drug-likeness (QED) is 0.402. The van der Waals surface area contributed by atoms with Gasteiger partial charge in [0.05, 0.1) is 20.7 Å². The molecule has 3 rings (SSSR count). The number of nitrogen functional groups attached to an aromatic ring is 1. The van der Waals surface area contributed by atoms with E-state index in [2.05, 4.69) is 52.8 Å². The molecule has 21 heavy (non-hydrogen) atoms. The number of nitrogens with zero attached hydrogens (tertiary/aromatic N) is 1. The van der Waals surface area contributed by atoms with Crippen molar-refractivity contribution in [1.29, 1.82) is 0 Å². The second-order valence-electron chi connectivity index (χ2n) is 4.49. The summed E-state index contributed by atoms with van der Waals surface area (Å²) in [5.41, 5.74) is 9.62. The number of hydrogen-bond acceptors (Lipinski definition) is 3. The number of halogens is 4. The SMILES string of the molecule is Cc1c(Br)c(N)c(Br)c2nc(-c3cc(Br)ccc3Cl)oc12. The van der Waals surface area contributed by atoms with Crippen LogP contribution < -0.4 is 5.73 Å². The van der Waals surface area contributed by atoms with Crippen molar-refractivity contribution in [1.82, 2.24) is 4.98 Å². The molecule has 2 aromatic carbocycles. The van der Waals surface area contributed by atoms with Crippen molar-refractivity contribution < 1.29 is 4.42 Å². The van der Waals surface area contributed by atoms with Crippen LogP contribution in [-0.4, -0.2) is 4.98 Å². The largest absolute Gasteiger partial charge is 0.436 e. The minimum absolute atomic E-state index is 0.456. The minimum atomic E-state index is 0.456. The Kier molecular flexibility index (Phi) is 4.07. The third kappa shape index (κ3) is 2.52. The topological polar surface area (TPSA) is 52.0 Å². The Morgan fingerprint density at radius 3 is 2.62 bits per heavy atom. The number of benzene rings is 2. The van der Waals surface area contributed by atoms with Gasteiger partial charge in [0.1, 0.15) is 5.52 Å². The first kappa shape index (κ1) is 15.3. The second-order valence-corrected chi connectivity index (χ2v) is 7.40. The fourth-order valence-corrected chi connectivity index (χ4v) is 3.70. The Morgan fingerprint density at radius 2 is 1.90 bits per heavy atom. The Balaban J connectivity index is 2.34. The van der Waals surface area contributed by atoms with Gasteiger partial charge in [0, 0.05) is 14.5 Å². The lowest BCUT2D eigenvalue weighted by molar-refractivity contribution is 0.617.